The molecule has 1 aliphatic rings. The van der Waals surface area contributed by atoms with Gasteiger partial charge in [-0.25, -0.2) is 9.97 Å². The Balaban J connectivity index is 2.12. The summed E-state index contributed by atoms with van der Waals surface area (Å²) >= 11 is 0. The van der Waals surface area contributed by atoms with Gasteiger partial charge in [-0.2, -0.15) is 0 Å². The minimum absolute atomic E-state index is 0.224. The van der Waals surface area contributed by atoms with Crippen LogP contribution in [0.5, 0.6) is 0 Å². The Morgan fingerprint density at radius 1 is 1.35 bits per heavy atom. The van der Waals surface area contributed by atoms with Crippen molar-refractivity contribution in [1.82, 2.24) is 9.97 Å². The van der Waals surface area contributed by atoms with Gasteiger partial charge in [0, 0.05) is 25.3 Å². The summed E-state index contributed by atoms with van der Waals surface area (Å²) in [6.45, 7) is 5.30. The molecule has 0 atom stereocenters. The molecule has 17 heavy (non-hydrogen) atoms. The second-order valence-corrected chi connectivity index (χ2v) is 4.63. The van der Waals surface area contributed by atoms with E-state index >= 15 is 0 Å². The van der Waals surface area contributed by atoms with Crippen LogP contribution in [-0.4, -0.2) is 29.2 Å². The SMILES string of the molecule is CCOCc1nc(NC)cc(NC2(C)CC2)n1. The molecule has 2 rings (SSSR count). The Bertz CT molecular complexity index is 390. The normalized spacial score (nSPS) is 16.6. The van der Waals surface area contributed by atoms with Crippen LogP contribution in [0.4, 0.5) is 11.6 Å². The zero-order valence-electron chi connectivity index (χ0n) is 10.7. The largest absolute Gasteiger partial charge is 0.374 e. The van der Waals surface area contributed by atoms with Crippen LogP contribution in [0.15, 0.2) is 6.07 Å². The van der Waals surface area contributed by atoms with Gasteiger partial charge in [-0.1, -0.05) is 0 Å². The third-order valence-corrected chi connectivity index (χ3v) is 2.89. The van der Waals surface area contributed by atoms with E-state index in [1.807, 2.05) is 20.0 Å². The summed E-state index contributed by atoms with van der Waals surface area (Å²) in [5.74, 6) is 2.41. The van der Waals surface area contributed by atoms with Crippen LogP contribution >= 0.6 is 0 Å². The lowest BCUT2D eigenvalue weighted by Gasteiger charge is -2.14. The predicted octanol–water partition coefficient (Wildman–Crippen LogP) is 2.02. The molecule has 1 fully saturated rings. The van der Waals surface area contributed by atoms with Crippen LogP contribution in [0.1, 0.15) is 32.5 Å². The number of rotatable bonds is 6. The molecule has 0 bridgehead atoms. The lowest BCUT2D eigenvalue weighted by molar-refractivity contribution is 0.128. The van der Waals surface area contributed by atoms with Crippen LogP contribution in [-0.2, 0) is 11.3 Å². The van der Waals surface area contributed by atoms with E-state index in [1.165, 1.54) is 12.8 Å². The van der Waals surface area contributed by atoms with Gasteiger partial charge < -0.3 is 15.4 Å². The van der Waals surface area contributed by atoms with Gasteiger partial charge in [0.1, 0.15) is 18.2 Å². The molecule has 5 heteroatoms. The molecule has 0 amide bonds. The van der Waals surface area contributed by atoms with Crippen LogP contribution < -0.4 is 10.6 Å². The van der Waals surface area contributed by atoms with E-state index in [0.717, 1.165) is 11.6 Å². The maximum atomic E-state index is 5.34. The monoisotopic (exact) mass is 236 g/mol. The molecule has 0 radical (unpaired) electrons. The highest BCUT2D eigenvalue weighted by atomic mass is 16.5. The third kappa shape index (κ3) is 3.30. The molecule has 1 heterocycles. The highest BCUT2D eigenvalue weighted by Gasteiger charge is 2.37. The maximum absolute atomic E-state index is 5.34. The number of aromatic nitrogens is 2. The van der Waals surface area contributed by atoms with E-state index < -0.39 is 0 Å². The molecule has 1 aromatic rings. The quantitative estimate of drug-likeness (QED) is 0.791. The molecule has 2 N–H and O–H groups in total. The van der Waals surface area contributed by atoms with Crippen molar-refractivity contribution in [3.05, 3.63) is 11.9 Å². The molecule has 0 saturated heterocycles. The van der Waals surface area contributed by atoms with E-state index in [4.69, 9.17) is 4.74 Å². The smallest absolute Gasteiger partial charge is 0.158 e. The molecular formula is C12H20N4O. The fourth-order valence-electron chi connectivity index (χ4n) is 1.57. The van der Waals surface area contributed by atoms with Crippen molar-refractivity contribution in [2.45, 2.75) is 38.8 Å². The van der Waals surface area contributed by atoms with Crippen LogP contribution in [0.3, 0.4) is 0 Å². The van der Waals surface area contributed by atoms with Crippen molar-refractivity contribution in [2.24, 2.45) is 0 Å². The first-order valence-corrected chi connectivity index (χ1v) is 6.07. The third-order valence-electron chi connectivity index (χ3n) is 2.89. The van der Waals surface area contributed by atoms with Gasteiger partial charge in [0.25, 0.3) is 0 Å². The van der Waals surface area contributed by atoms with Crippen molar-refractivity contribution >= 4 is 11.6 Å². The molecular weight excluding hydrogens is 216 g/mol. The lowest BCUT2D eigenvalue weighted by atomic mass is 10.3. The summed E-state index contributed by atoms with van der Waals surface area (Å²) in [5, 5.41) is 6.48. The summed E-state index contributed by atoms with van der Waals surface area (Å²) in [7, 11) is 1.86. The molecule has 1 saturated carbocycles. The van der Waals surface area contributed by atoms with Gasteiger partial charge in [-0.15, -0.1) is 0 Å². The number of nitrogens with zero attached hydrogens (tertiary/aromatic N) is 2. The first-order chi connectivity index (χ1) is 8.15. The average Bonchev–Trinajstić information content (AvgIpc) is 3.03. The van der Waals surface area contributed by atoms with Gasteiger partial charge in [0.05, 0.1) is 0 Å². The number of hydrogen-bond donors (Lipinski definition) is 2. The van der Waals surface area contributed by atoms with Gasteiger partial charge in [-0.05, 0) is 26.7 Å². The fraction of sp³-hybridized carbons (Fsp3) is 0.667. The zero-order valence-corrected chi connectivity index (χ0v) is 10.7. The highest BCUT2D eigenvalue weighted by Crippen LogP contribution is 2.37. The topological polar surface area (TPSA) is 59.1 Å². The van der Waals surface area contributed by atoms with Crippen molar-refractivity contribution in [1.29, 1.82) is 0 Å². The first kappa shape index (κ1) is 12.1. The summed E-state index contributed by atoms with van der Waals surface area (Å²) in [5.41, 5.74) is 0.224. The number of hydrogen-bond acceptors (Lipinski definition) is 5. The zero-order chi connectivity index (χ0) is 12.3. The van der Waals surface area contributed by atoms with Crippen LogP contribution in [0, 0.1) is 0 Å². The van der Waals surface area contributed by atoms with Crippen molar-refractivity contribution < 1.29 is 4.74 Å². The molecule has 0 aliphatic heterocycles. The minimum Gasteiger partial charge on any atom is -0.374 e. The summed E-state index contributed by atoms with van der Waals surface area (Å²) < 4.78 is 5.34. The van der Waals surface area contributed by atoms with Gasteiger partial charge >= 0.3 is 0 Å². The van der Waals surface area contributed by atoms with E-state index in [1.54, 1.807) is 0 Å². The number of nitrogens with one attached hydrogen (secondary N) is 2. The Labute approximate surface area is 102 Å². The Morgan fingerprint density at radius 2 is 2.06 bits per heavy atom. The van der Waals surface area contributed by atoms with Gasteiger partial charge in [-0.3, -0.25) is 0 Å². The molecule has 1 aromatic heterocycles. The molecule has 0 spiro atoms. The van der Waals surface area contributed by atoms with Crippen molar-refractivity contribution in [3.63, 3.8) is 0 Å². The standard InChI is InChI=1S/C12H20N4O/c1-4-17-8-11-14-9(13-3)7-10(15-11)16-12(2)5-6-12/h7H,4-6,8H2,1-3H3,(H2,13,14,15,16). The molecule has 0 unspecified atom stereocenters. The second-order valence-electron chi connectivity index (χ2n) is 4.63. The van der Waals surface area contributed by atoms with Crippen LogP contribution in [0.2, 0.25) is 0 Å². The fourth-order valence-corrected chi connectivity index (χ4v) is 1.57. The van der Waals surface area contributed by atoms with E-state index in [9.17, 15) is 0 Å². The first-order valence-electron chi connectivity index (χ1n) is 6.07. The number of anilines is 2. The molecule has 94 valence electrons. The summed E-state index contributed by atoms with van der Waals surface area (Å²) in [6, 6.07) is 1.93. The van der Waals surface area contributed by atoms with Crippen molar-refractivity contribution in [3.8, 4) is 0 Å². The second kappa shape index (κ2) is 4.87. The molecule has 0 aromatic carbocycles. The minimum atomic E-state index is 0.224. The van der Waals surface area contributed by atoms with E-state index in [0.29, 0.717) is 19.0 Å². The number of ether oxygens (including phenoxy) is 1. The Morgan fingerprint density at radius 3 is 2.65 bits per heavy atom. The Hall–Kier alpha value is -1.36. The summed E-state index contributed by atoms with van der Waals surface area (Å²) in [4.78, 5) is 8.81. The van der Waals surface area contributed by atoms with Gasteiger partial charge in [0.2, 0.25) is 0 Å². The van der Waals surface area contributed by atoms with Crippen LogP contribution in [0.25, 0.3) is 0 Å². The average molecular weight is 236 g/mol. The lowest BCUT2D eigenvalue weighted by Crippen LogP contribution is -2.18. The van der Waals surface area contributed by atoms with E-state index in [-0.39, 0.29) is 5.54 Å². The maximum Gasteiger partial charge on any atom is 0.158 e. The van der Waals surface area contributed by atoms with Gasteiger partial charge in [0.15, 0.2) is 5.82 Å². The Kier molecular flexibility index (Phi) is 3.47. The van der Waals surface area contributed by atoms with Crippen molar-refractivity contribution in [2.75, 3.05) is 24.3 Å². The van der Waals surface area contributed by atoms with E-state index in [2.05, 4.69) is 27.5 Å². The predicted molar refractivity (Wildman–Crippen MR) is 68.2 cm³/mol. The molecule has 1 aliphatic carbocycles. The molecule has 5 nitrogen and oxygen atoms in total. The highest BCUT2D eigenvalue weighted by molar-refractivity contribution is 5.49. The summed E-state index contributed by atoms with van der Waals surface area (Å²) in [6.07, 6.45) is 2.40.